The van der Waals surface area contributed by atoms with Crippen LogP contribution >= 0.6 is 11.3 Å². The molecular formula is C15H11FN2O3S. The highest BCUT2D eigenvalue weighted by atomic mass is 32.1. The molecule has 3 aromatic rings. The van der Waals surface area contributed by atoms with Crippen molar-refractivity contribution in [3.8, 4) is 5.75 Å². The molecule has 5 nitrogen and oxygen atoms in total. The van der Waals surface area contributed by atoms with Crippen LogP contribution in [0.3, 0.4) is 0 Å². The summed E-state index contributed by atoms with van der Waals surface area (Å²) in [5.41, 5.74) is -0.199. The zero-order chi connectivity index (χ0) is 15.7. The lowest BCUT2D eigenvalue weighted by Crippen LogP contribution is -2.24. The number of thiophene rings is 1. The summed E-state index contributed by atoms with van der Waals surface area (Å²) < 4.78 is 19.6. The Morgan fingerprint density at radius 1 is 1.41 bits per heavy atom. The van der Waals surface area contributed by atoms with Crippen molar-refractivity contribution in [2.75, 3.05) is 7.11 Å². The zero-order valence-corrected chi connectivity index (χ0v) is 12.4. The SMILES string of the molecule is COc1ccc(F)cc1C(=O)Cn1cnc2sccc2c1=O. The van der Waals surface area contributed by atoms with Crippen LogP contribution in [-0.2, 0) is 6.54 Å². The van der Waals surface area contributed by atoms with E-state index in [9.17, 15) is 14.0 Å². The summed E-state index contributed by atoms with van der Waals surface area (Å²) in [6, 6.07) is 5.36. The van der Waals surface area contributed by atoms with Gasteiger partial charge in [-0.1, -0.05) is 0 Å². The van der Waals surface area contributed by atoms with Crippen LogP contribution in [0.2, 0.25) is 0 Å². The molecule has 2 aromatic heterocycles. The molecule has 22 heavy (non-hydrogen) atoms. The molecule has 0 N–H and O–H groups in total. The van der Waals surface area contributed by atoms with Crippen LogP contribution in [0.15, 0.2) is 40.8 Å². The number of benzene rings is 1. The summed E-state index contributed by atoms with van der Waals surface area (Å²) in [6.07, 6.45) is 1.32. The lowest BCUT2D eigenvalue weighted by atomic mass is 10.1. The minimum atomic E-state index is -0.539. The maximum atomic E-state index is 13.3. The summed E-state index contributed by atoms with van der Waals surface area (Å²) in [7, 11) is 1.40. The van der Waals surface area contributed by atoms with Gasteiger partial charge in [0.05, 0.1) is 30.9 Å². The van der Waals surface area contributed by atoms with E-state index in [1.165, 1.54) is 41.5 Å². The van der Waals surface area contributed by atoms with Crippen LogP contribution in [0, 0.1) is 5.82 Å². The monoisotopic (exact) mass is 318 g/mol. The number of hydrogen-bond acceptors (Lipinski definition) is 5. The number of carbonyl (C=O) groups excluding carboxylic acids is 1. The van der Waals surface area contributed by atoms with Crippen molar-refractivity contribution in [2.24, 2.45) is 0 Å². The number of ketones is 1. The Morgan fingerprint density at radius 3 is 3.00 bits per heavy atom. The fourth-order valence-electron chi connectivity index (χ4n) is 2.14. The van der Waals surface area contributed by atoms with Crippen molar-refractivity contribution in [3.63, 3.8) is 0 Å². The fraction of sp³-hybridized carbons (Fsp3) is 0.133. The van der Waals surface area contributed by atoms with Crippen molar-refractivity contribution in [2.45, 2.75) is 6.54 Å². The number of hydrogen-bond donors (Lipinski definition) is 0. The summed E-state index contributed by atoms with van der Waals surface area (Å²) in [4.78, 5) is 29.3. The molecule has 0 fully saturated rings. The first-order chi connectivity index (χ1) is 10.6. The van der Waals surface area contributed by atoms with E-state index in [4.69, 9.17) is 4.74 Å². The van der Waals surface area contributed by atoms with Crippen molar-refractivity contribution >= 4 is 27.3 Å². The molecule has 0 amide bonds. The first-order valence-electron chi connectivity index (χ1n) is 6.39. The molecule has 2 heterocycles. The molecule has 0 saturated carbocycles. The third-order valence-electron chi connectivity index (χ3n) is 3.23. The molecule has 0 aliphatic heterocycles. The molecule has 0 saturated heterocycles. The van der Waals surface area contributed by atoms with Gasteiger partial charge in [-0.25, -0.2) is 9.37 Å². The number of rotatable bonds is 4. The van der Waals surface area contributed by atoms with Gasteiger partial charge in [-0.05, 0) is 29.6 Å². The van der Waals surface area contributed by atoms with Gasteiger partial charge < -0.3 is 4.74 Å². The number of methoxy groups -OCH3 is 1. The highest BCUT2D eigenvalue weighted by Gasteiger charge is 2.15. The van der Waals surface area contributed by atoms with Gasteiger partial charge in [-0.3, -0.25) is 14.2 Å². The number of ether oxygens (including phenoxy) is 1. The molecular weight excluding hydrogens is 307 g/mol. The van der Waals surface area contributed by atoms with Crippen molar-refractivity contribution in [1.29, 1.82) is 0 Å². The second kappa shape index (κ2) is 5.69. The zero-order valence-electron chi connectivity index (χ0n) is 11.6. The van der Waals surface area contributed by atoms with E-state index in [1.807, 2.05) is 0 Å². The van der Waals surface area contributed by atoms with E-state index in [-0.39, 0.29) is 23.4 Å². The molecule has 7 heteroatoms. The van der Waals surface area contributed by atoms with Crippen LogP contribution in [0.1, 0.15) is 10.4 Å². The molecule has 3 rings (SSSR count). The summed E-state index contributed by atoms with van der Waals surface area (Å²) in [6.45, 7) is -0.225. The number of fused-ring (bicyclic) bond motifs is 1. The highest BCUT2D eigenvalue weighted by Crippen LogP contribution is 2.20. The molecule has 0 unspecified atom stereocenters. The summed E-state index contributed by atoms with van der Waals surface area (Å²) in [5, 5.41) is 2.23. The van der Waals surface area contributed by atoms with E-state index in [0.717, 1.165) is 6.07 Å². The van der Waals surface area contributed by atoms with Gasteiger partial charge in [0.1, 0.15) is 16.4 Å². The van der Waals surface area contributed by atoms with Gasteiger partial charge in [0.15, 0.2) is 5.78 Å². The molecule has 0 atom stereocenters. The molecule has 0 radical (unpaired) electrons. The molecule has 112 valence electrons. The van der Waals surface area contributed by atoms with E-state index in [2.05, 4.69) is 4.98 Å². The quantitative estimate of drug-likeness (QED) is 0.693. The van der Waals surface area contributed by atoms with Gasteiger partial charge in [-0.2, -0.15) is 0 Å². The molecule has 0 aliphatic carbocycles. The van der Waals surface area contributed by atoms with Gasteiger partial charge >= 0.3 is 0 Å². The van der Waals surface area contributed by atoms with E-state index in [0.29, 0.717) is 10.2 Å². The Kier molecular flexibility index (Phi) is 3.72. The number of nitrogens with zero attached hydrogens (tertiary/aromatic N) is 2. The normalized spacial score (nSPS) is 10.8. The van der Waals surface area contributed by atoms with Crippen molar-refractivity contribution in [3.05, 3.63) is 57.7 Å². The Balaban J connectivity index is 1.98. The minimum Gasteiger partial charge on any atom is -0.496 e. The molecule has 1 aromatic carbocycles. The molecule has 0 aliphatic rings. The first-order valence-corrected chi connectivity index (χ1v) is 7.27. The fourth-order valence-corrected chi connectivity index (χ4v) is 2.87. The number of halogens is 1. The van der Waals surface area contributed by atoms with Gasteiger partial charge in [0.2, 0.25) is 0 Å². The Morgan fingerprint density at radius 2 is 2.23 bits per heavy atom. The predicted molar refractivity (Wildman–Crippen MR) is 81.2 cm³/mol. The largest absolute Gasteiger partial charge is 0.496 e. The average Bonchev–Trinajstić information content (AvgIpc) is 2.99. The third-order valence-corrected chi connectivity index (χ3v) is 4.05. The lowest BCUT2D eigenvalue weighted by molar-refractivity contribution is 0.0967. The average molecular weight is 318 g/mol. The molecule has 0 bridgehead atoms. The van der Waals surface area contributed by atoms with Gasteiger partial charge in [-0.15, -0.1) is 11.3 Å². The number of Topliss-reactive ketones (excluding diaryl/α,β-unsaturated/α-hetero) is 1. The van der Waals surface area contributed by atoms with Crippen LogP contribution in [0.5, 0.6) is 5.75 Å². The number of aromatic nitrogens is 2. The van der Waals surface area contributed by atoms with Crippen molar-refractivity contribution in [1.82, 2.24) is 9.55 Å². The predicted octanol–water partition coefficient (Wildman–Crippen LogP) is 2.49. The van der Waals surface area contributed by atoms with Crippen LogP contribution in [0.25, 0.3) is 10.2 Å². The lowest BCUT2D eigenvalue weighted by Gasteiger charge is -2.09. The Bertz CT molecular complexity index is 917. The minimum absolute atomic E-state index is 0.0971. The third kappa shape index (κ3) is 2.50. The number of carbonyl (C=O) groups is 1. The maximum absolute atomic E-state index is 13.3. The standard InChI is InChI=1S/C15H11FN2O3S/c1-21-13-3-2-9(16)6-11(13)12(19)7-18-8-17-14-10(15(18)20)4-5-22-14/h2-6,8H,7H2,1H3. The van der Waals surface area contributed by atoms with Gasteiger partial charge in [0, 0.05) is 0 Å². The van der Waals surface area contributed by atoms with Crippen LogP contribution in [0.4, 0.5) is 4.39 Å². The van der Waals surface area contributed by atoms with E-state index < -0.39 is 11.6 Å². The smallest absolute Gasteiger partial charge is 0.262 e. The van der Waals surface area contributed by atoms with Crippen LogP contribution in [-0.4, -0.2) is 22.4 Å². The second-order valence-electron chi connectivity index (χ2n) is 4.58. The maximum Gasteiger partial charge on any atom is 0.262 e. The van der Waals surface area contributed by atoms with Crippen molar-refractivity contribution < 1.29 is 13.9 Å². The van der Waals surface area contributed by atoms with E-state index in [1.54, 1.807) is 11.4 Å². The Hall–Kier alpha value is -2.54. The summed E-state index contributed by atoms with van der Waals surface area (Å²) in [5.74, 6) is -0.693. The van der Waals surface area contributed by atoms with Crippen LogP contribution < -0.4 is 10.3 Å². The highest BCUT2D eigenvalue weighted by molar-refractivity contribution is 7.16. The van der Waals surface area contributed by atoms with E-state index >= 15 is 0 Å². The Labute approximate surface area is 128 Å². The van der Waals surface area contributed by atoms with Gasteiger partial charge in [0.25, 0.3) is 5.56 Å². The summed E-state index contributed by atoms with van der Waals surface area (Å²) >= 11 is 1.35. The topological polar surface area (TPSA) is 61.2 Å². The first kappa shape index (κ1) is 14.4. The molecule has 0 spiro atoms. The second-order valence-corrected chi connectivity index (χ2v) is 5.48.